The molecule has 5 nitrogen and oxygen atoms in total. The molecule has 0 radical (unpaired) electrons. The minimum atomic E-state index is 0.571. The van der Waals surface area contributed by atoms with E-state index in [1.165, 1.54) is 0 Å². The van der Waals surface area contributed by atoms with Crippen molar-refractivity contribution in [2.24, 2.45) is 0 Å². The minimum Gasteiger partial charge on any atom is -0.360 e. The van der Waals surface area contributed by atoms with Crippen LogP contribution in [0.1, 0.15) is 0 Å². The highest BCUT2D eigenvalue weighted by Gasteiger charge is 2.08. The summed E-state index contributed by atoms with van der Waals surface area (Å²) in [6, 6.07) is 13.7. The molecule has 0 saturated carbocycles. The molecule has 5 heteroatoms. The van der Waals surface area contributed by atoms with Crippen LogP contribution in [0, 0.1) is 0 Å². The van der Waals surface area contributed by atoms with E-state index in [0.29, 0.717) is 5.95 Å². The first-order valence-corrected chi connectivity index (χ1v) is 6.97. The number of benzene rings is 1. The van der Waals surface area contributed by atoms with Crippen molar-refractivity contribution in [2.75, 3.05) is 5.32 Å². The number of pyridine rings is 1. The van der Waals surface area contributed by atoms with Gasteiger partial charge in [0, 0.05) is 46.9 Å². The molecule has 22 heavy (non-hydrogen) atoms. The number of anilines is 2. The number of fused-ring (bicyclic) bond motifs is 1. The van der Waals surface area contributed by atoms with Gasteiger partial charge in [-0.3, -0.25) is 4.98 Å². The molecule has 0 saturated heterocycles. The zero-order valence-corrected chi connectivity index (χ0v) is 11.7. The Labute approximate surface area is 127 Å². The molecule has 0 aliphatic carbocycles. The number of rotatable bonds is 3. The largest absolute Gasteiger partial charge is 0.360 e. The number of nitrogens with one attached hydrogen (secondary N) is 2. The highest BCUT2D eigenvalue weighted by Crippen LogP contribution is 2.27. The van der Waals surface area contributed by atoms with Crippen molar-refractivity contribution in [1.82, 2.24) is 19.9 Å². The summed E-state index contributed by atoms with van der Waals surface area (Å²) in [6.07, 6.45) is 7.31. The zero-order chi connectivity index (χ0) is 14.8. The fourth-order valence-corrected chi connectivity index (χ4v) is 2.39. The van der Waals surface area contributed by atoms with Gasteiger partial charge in [0.2, 0.25) is 5.95 Å². The third-order valence-electron chi connectivity index (χ3n) is 3.44. The summed E-state index contributed by atoms with van der Waals surface area (Å²) < 4.78 is 0. The van der Waals surface area contributed by atoms with Gasteiger partial charge < -0.3 is 10.3 Å². The number of nitrogens with zero attached hydrogens (tertiary/aromatic N) is 3. The summed E-state index contributed by atoms with van der Waals surface area (Å²) in [6.45, 7) is 0. The molecule has 0 aliphatic heterocycles. The van der Waals surface area contributed by atoms with Gasteiger partial charge in [-0.15, -0.1) is 0 Å². The third-order valence-corrected chi connectivity index (χ3v) is 3.44. The molecule has 2 N–H and O–H groups in total. The van der Waals surface area contributed by atoms with Crippen molar-refractivity contribution >= 4 is 22.5 Å². The summed E-state index contributed by atoms with van der Waals surface area (Å²) >= 11 is 0. The Balaban J connectivity index is 1.73. The van der Waals surface area contributed by atoms with Crippen molar-refractivity contribution in [3.63, 3.8) is 0 Å². The van der Waals surface area contributed by atoms with Crippen molar-refractivity contribution < 1.29 is 0 Å². The molecular weight excluding hydrogens is 274 g/mol. The van der Waals surface area contributed by atoms with Crippen LogP contribution in [-0.4, -0.2) is 19.9 Å². The third kappa shape index (κ3) is 2.29. The number of aromatic nitrogens is 4. The highest BCUT2D eigenvalue weighted by molar-refractivity contribution is 5.93. The molecule has 0 atom stereocenters. The van der Waals surface area contributed by atoms with Gasteiger partial charge in [-0.2, -0.15) is 0 Å². The van der Waals surface area contributed by atoms with E-state index in [4.69, 9.17) is 0 Å². The standard InChI is InChI=1S/C17H13N5/c1-2-4-12(5-3-1)21-17-19-9-7-16(22-17)14-11-20-15-6-8-18-10-13(14)15/h1-11,20H,(H,19,21,22). The van der Waals surface area contributed by atoms with Crippen LogP contribution >= 0.6 is 0 Å². The number of aromatic amines is 1. The van der Waals surface area contributed by atoms with E-state index in [2.05, 4.69) is 25.3 Å². The summed E-state index contributed by atoms with van der Waals surface area (Å²) in [7, 11) is 0. The Hall–Kier alpha value is -3.21. The summed E-state index contributed by atoms with van der Waals surface area (Å²) in [5, 5.41) is 4.25. The fraction of sp³-hybridized carbons (Fsp3) is 0. The maximum Gasteiger partial charge on any atom is 0.227 e. The molecule has 0 fully saturated rings. The van der Waals surface area contributed by atoms with Crippen LogP contribution in [0.4, 0.5) is 11.6 Å². The first-order valence-electron chi connectivity index (χ1n) is 6.97. The normalized spacial score (nSPS) is 10.7. The average molecular weight is 287 g/mol. The van der Waals surface area contributed by atoms with Crippen LogP contribution in [0.15, 0.2) is 67.3 Å². The summed E-state index contributed by atoms with van der Waals surface area (Å²) in [5.74, 6) is 0.571. The molecule has 4 aromatic rings. The monoisotopic (exact) mass is 287 g/mol. The second kappa shape index (κ2) is 5.29. The Morgan fingerprint density at radius 1 is 0.955 bits per heavy atom. The van der Waals surface area contributed by atoms with Crippen molar-refractivity contribution in [3.05, 3.63) is 67.3 Å². The van der Waals surface area contributed by atoms with Crippen molar-refractivity contribution in [3.8, 4) is 11.3 Å². The summed E-state index contributed by atoms with van der Waals surface area (Å²) in [4.78, 5) is 16.3. The highest BCUT2D eigenvalue weighted by atomic mass is 15.1. The molecule has 3 aromatic heterocycles. The molecule has 0 bridgehead atoms. The SMILES string of the molecule is c1ccc(Nc2nccc(-c3c[nH]c4ccncc34)n2)cc1. The molecule has 1 aromatic carbocycles. The molecule has 3 heterocycles. The molecule has 0 spiro atoms. The fourth-order valence-electron chi connectivity index (χ4n) is 2.39. The Morgan fingerprint density at radius 2 is 1.86 bits per heavy atom. The van der Waals surface area contributed by atoms with E-state index in [0.717, 1.165) is 27.8 Å². The van der Waals surface area contributed by atoms with E-state index in [1.807, 2.05) is 54.9 Å². The van der Waals surface area contributed by atoms with Crippen molar-refractivity contribution in [2.45, 2.75) is 0 Å². The lowest BCUT2D eigenvalue weighted by atomic mass is 10.1. The summed E-state index contributed by atoms with van der Waals surface area (Å²) in [5.41, 5.74) is 3.87. The quantitative estimate of drug-likeness (QED) is 0.602. The van der Waals surface area contributed by atoms with Crippen molar-refractivity contribution in [1.29, 1.82) is 0 Å². The first-order chi connectivity index (χ1) is 10.9. The molecule has 106 valence electrons. The predicted molar refractivity (Wildman–Crippen MR) is 86.8 cm³/mol. The van der Waals surface area contributed by atoms with Crippen LogP contribution in [-0.2, 0) is 0 Å². The van der Waals surface area contributed by atoms with Gasteiger partial charge in [0.1, 0.15) is 0 Å². The topological polar surface area (TPSA) is 66.5 Å². The van der Waals surface area contributed by atoms with Gasteiger partial charge in [-0.25, -0.2) is 9.97 Å². The molecular formula is C17H13N5. The van der Waals surface area contributed by atoms with E-state index >= 15 is 0 Å². The number of para-hydroxylation sites is 1. The number of H-pyrrole nitrogens is 1. The lowest BCUT2D eigenvalue weighted by Gasteiger charge is -2.05. The van der Waals surface area contributed by atoms with Crippen LogP contribution in [0.25, 0.3) is 22.2 Å². The Morgan fingerprint density at radius 3 is 2.77 bits per heavy atom. The van der Waals surface area contributed by atoms with E-state index in [-0.39, 0.29) is 0 Å². The zero-order valence-electron chi connectivity index (χ0n) is 11.7. The number of hydrogen-bond donors (Lipinski definition) is 2. The van der Waals surface area contributed by atoms with Crippen LogP contribution in [0.3, 0.4) is 0 Å². The van der Waals surface area contributed by atoms with E-state index in [1.54, 1.807) is 12.4 Å². The molecule has 0 unspecified atom stereocenters. The smallest absolute Gasteiger partial charge is 0.227 e. The number of hydrogen-bond acceptors (Lipinski definition) is 4. The van der Waals surface area contributed by atoms with Gasteiger partial charge in [-0.1, -0.05) is 18.2 Å². The second-order valence-electron chi connectivity index (χ2n) is 4.88. The average Bonchev–Trinajstić information content (AvgIpc) is 3.00. The Kier molecular flexibility index (Phi) is 3.01. The van der Waals surface area contributed by atoms with Gasteiger partial charge in [0.15, 0.2) is 0 Å². The van der Waals surface area contributed by atoms with Crippen LogP contribution in [0.5, 0.6) is 0 Å². The van der Waals surface area contributed by atoms with Crippen LogP contribution in [0.2, 0.25) is 0 Å². The van der Waals surface area contributed by atoms with Gasteiger partial charge in [0.05, 0.1) is 5.69 Å². The maximum absolute atomic E-state index is 4.59. The molecule has 4 rings (SSSR count). The predicted octanol–water partition coefficient (Wildman–Crippen LogP) is 3.76. The molecule has 0 amide bonds. The van der Waals surface area contributed by atoms with Gasteiger partial charge in [0.25, 0.3) is 0 Å². The minimum absolute atomic E-state index is 0.571. The Bertz CT molecular complexity index is 914. The van der Waals surface area contributed by atoms with Gasteiger partial charge >= 0.3 is 0 Å². The first kappa shape index (κ1) is 12.5. The lowest BCUT2D eigenvalue weighted by molar-refractivity contribution is 1.17. The van der Waals surface area contributed by atoms with E-state index < -0.39 is 0 Å². The lowest BCUT2D eigenvalue weighted by Crippen LogP contribution is -1.97. The molecule has 0 aliphatic rings. The van der Waals surface area contributed by atoms with Crippen LogP contribution < -0.4 is 5.32 Å². The maximum atomic E-state index is 4.59. The van der Waals surface area contributed by atoms with Gasteiger partial charge in [-0.05, 0) is 24.3 Å². The second-order valence-corrected chi connectivity index (χ2v) is 4.88. The van der Waals surface area contributed by atoms with E-state index in [9.17, 15) is 0 Å².